The number of hydrogen-bond acceptors (Lipinski definition) is 15. The Balaban J connectivity index is 1.29. The highest BCUT2D eigenvalue weighted by molar-refractivity contribution is 6.03. The van der Waals surface area contributed by atoms with E-state index >= 15 is 0 Å². The van der Waals surface area contributed by atoms with Gasteiger partial charge in [0.2, 0.25) is 6.29 Å². The molecule has 2 fully saturated rings. The summed E-state index contributed by atoms with van der Waals surface area (Å²) >= 11 is 0. The Morgan fingerprint density at radius 1 is 0.756 bits per heavy atom. The first-order valence-corrected chi connectivity index (χ1v) is 14.3. The molecule has 2 aromatic carbocycles. The Morgan fingerprint density at radius 3 is 2.11 bits per heavy atom. The lowest BCUT2D eigenvalue weighted by atomic mass is 9.94. The van der Waals surface area contributed by atoms with E-state index in [1.807, 2.05) is 0 Å². The van der Waals surface area contributed by atoms with Gasteiger partial charge >= 0.3 is 0 Å². The first-order valence-electron chi connectivity index (χ1n) is 14.3. The summed E-state index contributed by atoms with van der Waals surface area (Å²) in [6, 6.07) is 7.85. The summed E-state index contributed by atoms with van der Waals surface area (Å²) < 4.78 is 44.8. The number of fused-ring (bicyclic) bond motifs is 1. The van der Waals surface area contributed by atoms with Crippen molar-refractivity contribution in [1.29, 1.82) is 0 Å². The minimum atomic E-state index is -1.70. The van der Waals surface area contributed by atoms with Gasteiger partial charge in [-0.25, -0.2) is 0 Å². The van der Waals surface area contributed by atoms with Gasteiger partial charge in [0.1, 0.15) is 83.1 Å². The van der Waals surface area contributed by atoms with Gasteiger partial charge < -0.3 is 68.5 Å². The van der Waals surface area contributed by atoms with E-state index in [4.69, 9.17) is 37.9 Å². The summed E-state index contributed by atoms with van der Waals surface area (Å²) in [6.07, 6.45) is -15.1. The molecule has 3 aliphatic heterocycles. The second-order valence-corrected chi connectivity index (χ2v) is 11.0. The number of benzene rings is 2. The largest absolute Gasteiger partial charge is 0.496 e. The monoisotopic (exact) mass is 638 g/mol. The number of Topliss-reactive ketones (excluding diaryl/α,β-unsaturated/α-hetero) is 1. The summed E-state index contributed by atoms with van der Waals surface area (Å²) in [5, 5.41) is 61.7. The summed E-state index contributed by atoms with van der Waals surface area (Å²) in [6.45, 7) is 1.05. The van der Waals surface area contributed by atoms with Crippen LogP contribution in [0.3, 0.4) is 0 Å². The van der Waals surface area contributed by atoms with Crippen molar-refractivity contribution in [3.8, 4) is 28.7 Å². The van der Waals surface area contributed by atoms with Gasteiger partial charge in [0, 0.05) is 23.8 Å². The van der Waals surface area contributed by atoms with Gasteiger partial charge in [-0.05, 0) is 19.1 Å². The number of methoxy groups -OCH3 is 3. The van der Waals surface area contributed by atoms with Crippen LogP contribution >= 0.6 is 0 Å². The molecule has 6 N–H and O–H groups in total. The van der Waals surface area contributed by atoms with E-state index in [1.165, 1.54) is 40.4 Å². The normalized spacial score (nSPS) is 34.8. The summed E-state index contributed by atoms with van der Waals surface area (Å²) in [5.74, 6) is 1.33. The molecule has 2 aromatic rings. The molecule has 15 nitrogen and oxygen atoms in total. The second kappa shape index (κ2) is 13.6. The third-order valence-electron chi connectivity index (χ3n) is 8.12. The van der Waals surface area contributed by atoms with Gasteiger partial charge in [-0.3, -0.25) is 4.79 Å². The molecule has 0 amide bonds. The molecular formula is C30H38O15. The Labute approximate surface area is 258 Å². The SMILES string of the molecule is COc1cc(OC)c2c(c1)OC(c1ccc(O[C@@H]3OC(CO[C@@H]4OC(C)[C@H](O)C(O)[C@@H]4O)[C@@H](O)[C@H](O)C3O)cc1OC)CC2=O. The molecule has 3 aliphatic rings. The maximum Gasteiger partial charge on any atom is 0.229 e. The van der Waals surface area contributed by atoms with Gasteiger partial charge in [0.05, 0.1) is 40.5 Å². The molecule has 0 spiro atoms. The van der Waals surface area contributed by atoms with Crippen molar-refractivity contribution >= 4 is 5.78 Å². The second-order valence-electron chi connectivity index (χ2n) is 11.0. The van der Waals surface area contributed by atoms with Crippen LogP contribution in [-0.4, -0.2) is 126 Å². The van der Waals surface area contributed by atoms with Crippen LogP contribution in [0.4, 0.5) is 0 Å². The zero-order chi connectivity index (χ0) is 32.6. The molecule has 0 saturated carbocycles. The van der Waals surface area contributed by atoms with Crippen LogP contribution in [0.15, 0.2) is 30.3 Å². The Kier molecular flexibility index (Phi) is 10.0. The standard InChI is InChI=1S/C30H38O15/c1-12-23(32)25(34)27(36)29(42-12)41-11-21-24(33)26(35)28(37)30(45-21)43-13-5-6-15(17(7-13)39-3)18-10-16(31)22-19(40-4)8-14(38-2)9-20(22)44-18/h5-9,12,18,21,23-30,32-37H,10-11H2,1-4H3/t12?,18?,21?,23-,24+,25?,26-,27-,28?,29+,30+/m0/s1. The quantitative estimate of drug-likeness (QED) is 0.203. The fraction of sp³-hybridized carbons (Fsp3) is 0.567. The molecule has 2 saturated heterocycles. The number of aliphatic hydroxyl groups is 6. The molecule has 248 valence electrons. The lowest BCUT2D eigenvalue weighted by Gasteiger charge is -2.42. The highest BCUT2D eigenvalue weighted by atomic mass is 16.7. The van der Waals surface area contributed by atoms with Crippen LogP contribution in [0, 0.1) is 0 Å². The van der Waals surface area contributed by atoms with E-state index in [-0.39, 0.29) is 18.0 Å². The van der Waals surface area contributed by atoms with E-state index in [1.54, 1.807) is 18.2 Å². The van der Waals surface area contributed by atoms with Crippen molar-refractivity contribution in [3.05, 3.63) is 41.5 Å². The predicted molar refractivity (Wildman–Crippen MR) is 150 cm³/mol. The molecule has 11 atom stereocenters. The van der Waals surface area contributed by atoms with Crippen molar-refractivity contribution in [2.24, 2.45) is 0 Å². The van der Waals surface area contributed by atoms with Gasteiger partial charge in [0.15, 0.2) is 12.1 Å². The summed E-state index contributed by atoms with van der Waals surface area (Å²) in [4.78, 5) is 13.1. The van der Waals surface area contributed by atoms with E-state index in [0.29, 0.717) is 34.1 Å². The number of aliphatic hydroxyl groups excluding tert-OH is 6. The lowest BCUT2D eigenvalue weighted by molar-refractivity contribution is -0.318. The highest BCUT2D eigenvalue weighted by Gasteiger charge is 2.47. The smallest absolute Gasteiger partial charge is 0.229 e. The highest BCUT2D eigenvalue weighted by Crippen LogP contribution is 2.44. The molecule has 0 aliphatic carbocycles. The van der Waals surface area contributed by atoms with Gasteiger partial charge in [-0.15, -0.1) is 0 Å². The number of rotatable bonds is 9. The van der Waals surface area contributed by atoms with Gasteiger partial charge in [-0.1, -0.05) is 0 Å². The molecule has 0 radical (unpaired) electrons. The molecule has 5 rings (SSSR count). The molecular weight excluding hydrogens is 600 g/mol. The van der Waals surface area contributed by atoms with E-state index in [2.05, 4.69) is 0 Å². The third-order valence-corrected chi connectivity index (χ3v) is 8.12. The maximum atomic E-state index is 13.1. The predicted octanol–water partition coefficient (Wildman–Crippen LogP) is -0.551. The van der Waals surface area contributed by atoms with Crippen molar-refractivity contribution in [2.75, 3.05) is 27.9 Å². The molecule has 15 heteroatoms. The number of ketones is 1. The summed E-state index contributed by atoms with van der Waals surface area (Å²) in [7, 11) is 4.36. The lowest BCUT2D eigenvalue weighted by Crippen LogP contribution is -2.61. The fourth-order valence-corrected chi connectivity index (χ4v) is 5.51. The molecule has 0 aromatic heterocycles. The van der Waals surface area contributed by atoms with Crippen LogP contribution < -0.4 is 23.7 Å². The summed E-state index contributed by atoms with van der Waals surface area (Å²) in [5.41, 5.74) is 0.842. The van der Waals surface area contributed by atoms with Crippen molar-refractivity contribution in [1.82, 2.24) is 0 Å². The number of carbonyl (C=O) groups is 1. The average molecular weight is 639 g/mol. The van der Waals surface area contributed by atoms with E-state index in [0.717, 1.165) is 0 Å². The van der Waals surface area contributed by atoms with Crippen LogP contribution in [-0.2, 0) is 14.2 Å². The number of hydrogen-bond donors (Lipinski definition) is 6. The Morgan fingerprint density at radius 2 is 1.42 bits per heavy atom. The van der Waals surface area contributed by atoms with Crippen LogP contribution in [0.25, 0.3) is 0 Å². The zero-order valence-corrected chi connectivity index (χ0v) is 25.0. The van der Waals surface area contributed by atoms with Crippen LogP contribution in [0.2, 0.25) is 0 Å². The minimum absolute atomic E-state index is 0.00334. The maximum absolute atomic E-state index is 13.1. The fourth-order valence-electron chi connectivity index (χ4n) is 5.51. The third kappa shape index (κ3) is 6.54. The van der Waals surface area contributed by atoms with Crippen molar-refractivity contribution < 1.29 is 73.3 Å². The molecule has 0 bridgehead atoms. The van der Waals surface area contributed by atoms with Crippen molar-refractivity contribution in [2.45, 2.75) is 80.9 Å². The first kappa shape index (κ1) is 33.1. The van der Waals surface area contributed by atoms with Crippen LogP contribution in [0.5, 0.6) is 28.7 Å². The average Bonchev–Trinajstić information content (AvgIpc) is 3.04. The van der Waals surface area contributed by atoms with E-state index < -0.39 is 74.1 Å². The Bertz CT molecular complexity index is 1350. The topological polar surface area (TPSA) is 212 Å². The Hall–Kier alpha value is -3.25. The number of ether oxygens (including phenoxy) is 8. The van der Waals surface area contributed by atoms with Gasteiger partial charge in [-0.2, -0.15) is 0 Å². The number of carbonyl (C=O) groups excluding carboxylic acids is 1. The van der Waals surface area contributed by atoms with Crippen LogP contribution in [0.1, 0.15) is 35.4 Å². The first-order chi connectivity index (χ1) is 21.5. The molecule has 3 heterocycles. The molecule has 45 heavy (non-hydrogen) atoms. The zero-order valence-electron chi connectivity index (χ0n) is 25.0. The van der Waals surface area contributed by atoms with E-state index in [9.17, 15) is 35.4 Å². The molecule has 5 unspecified atom stereocenters. The van der Waals surface area contributed by atoms with Gasteiger partial charge in [0.25, 0.3) is 0 Å². The minimum Gasteiger partial charge on any atom is -0.496 e. The van der Waals surface area contributed by atoms with Crippen molar-refractivity contribution in [3.63, 3.8) is 0 Å².